The molecule has 28 heavy (non-hydrogen) atoms. The van der Waals surface area contributed by atoms with Crippen LogP contribution in [-0.2, 0) is 16.0 Å². The number of thiophene rings is 1. The number of hydrogen-bond acceptors (Lipinski definition) is 3. The van der Waals surface area contributed by atoms with Crippen LogP contribution in [-0.4, -0.2) is 36.9 Å². The first-order valence-electron chi connectivity index (χ1n) is 9.86. The van der Waals surface area contributed by atoms with Crippen molar-refractivity contribution in [3.05, 3.63) is 47.3 Å². The molecule has 1 aliphatic heterocycles. The molecule has 1 aromatic heterocycles. The number of amides is 2. The van der Waals surface area contributed by atoms with E-state index in [1.165, 1.54) is 16.0 Å². The number of rotatable bonds is 5. The van der Waals surface area contributed by atoms with E-state index in [2.05, 4.69) is 49.7 Å². The van der Waals surface area contributed by atoms with Crippen LogP contribution in [0.2, 0.25) is 0 Å². The lowest BCUT2D eigenvalue weighted by atomic mass is 9.78. The zero-order valence-corrected chi connectivity index (χ0v) is 18.1. The highest BCUT2D eigenvalue weighted by Crippen LogP contribution is 2.39. The van der Waals surface area contributed by atoms with Crippen LogP contribution in [0.3, 0.4) is 0 Å². The smallest absolute Gasteiger partial charge is 0.228 e. The largest absolute Gasteiger partial charge is 0.359 e. The van der Waals surface area contributed by atoms with E-state index in [1.807, 2.05) is 23.1 Å². The van der Waals surface area contributed by atoms with Crippen LogP contribution in [0.25, 0.3) is 10.4 Å². The first kappa shape index (κ1) is 20.6. The summed E-state index contributed by atoms with van der Waals surface area (Å²) in [5, 5.41) is 4.93. The molecule has 1 aliphatic rings. The predicted octanol–water partition coefficient (Wildman–Crippen LogP) is 4.36. The lowest BCUT2D eigenvalue weighted by molar-refractivity contribution is -0.134. The normalized spacial score (nSPS) is 19.6. The van der Waals surface area contributed by atoms with Crippen molar-refractivity contribution in [3.8, 4) is 10.4 Å². The molecule has 1 N–H and O–H groups in total. The van der Waals surface area contributed by atoms with Gasteiger partial charge in [-0.2, -0.15) is 0 Å². The Morgan fingerprint density at radius 1 is 1.18 bits per heavy atom. The van der Waals surface area contributed by atoms with Crippen LogP contribution in [0.15, 0.2) is 41.8 Å². The van der Waals surface area contributed by atoms with E-state index >= 15 is 0 Å². The lowest BCUT2D eigenvalue weighted by Gasteiger charge is -2.29. The van der Waals surface area contributed by atoms with Gasteiger partial charge in [-0.3, -0.25) is 9.59 Å². The van der Waals surface area contributed by atoms with Gasteiger partial charge in [0.05, 0.1) is 5.41 Å². The summed E-state index contributed by atoms with van der Waals surface area (Å²) in [6.07, 6.45) is 1.84. The third-order valence-electron chi connectivity index (χ3n) is 5.43. The summed E-state index contributed by atoms with van der Waals surface area (Å²) in [4.78, 5) is 28.8. The van der Waals surface area contributed by atoms with Crippen molar-refractivity contribution in [2.24, 2.45) is 10.8 Å². The summed E-state index contributed by atoms with van der Waals surface area (Å²) in [6, 6.07) is 12.5. The Hall–Kier alpha value is -2.14. The van der Waals surface area contributed by atoms with Gasteiger partial charge in [-0.05, 0) is 40.8 Å². The van der Waals surface area contributed by atoms with E-state index in [1.54, 1.807) is 18.4 Å². The fraction of sp³-hybridized carbons (Fsp3) is 0.478. The van der Waals surface area contributed by atoms with Gasteiger partial charge in [0.1, 0.15) is 0 Å². The van der Waals surface area contributed by atoms with Crippen LogP contribution in [0, 0.1) is 10.8 Å². The van der Waals surface area contributed by atoms with Crippen molar-refractivity contribution < 1.29 is 9.59 Å². The molecule has 2 amide bonds. The molecule has 3 rings (SSSR count). The van der Waals surface area contributed by atoms with Crippen molar-refractivity contribution in [1.82, 2.24) is 10.2 Å². The fourth-order valence-electron chi connectivity index (χ4n) is 4.04. The molecule has 4 nitrogen and oxygen atoms in total. The summed E-state index contributed by atoms with van der Waals surface area (Å²) in [5.74, 6) is 0.171. The summed E-state index contributed by atoms with van der Waals surface area (Å²) in [5.41, 5.74) is 1.72. The van der Waals surface area contributed by atoms with E-state index < -0.39 is 5.41 Å². The molecule has 1 fully saturated rings. The lowest BCUT2D eigenvalue weighted by Crippen LogP contribution is -2.44. The number of carbonyl (C=O) groups excluding carboxylic acids is 2. The van der Waals surface area contributed by atoms with Crippen molar-refractivity contribution in [2.45, 2.75) is 40.0 Å². The van der Waals surface area contributed by atoms with Crippen LogP contribution in [0.5, 0.6) is 0 Å². The minimum Gasteiger partial charge on any atom is -0.359 e. The van der Waals surface area contributed by atoms with Crippen LogP contribution < -0.4 is 5.32 Å². The Bertz CT molecular complexity index is 839. The van der Waals surface area contributed by atoms with Gasteiger partial charge in [0.15, 0.2) is 0 Å². The Morgan fingerprint density at radius 2 is 1.93 bits per heavy atom. The van der Waals surface area contributed by atoms with E-state index in [0.717, 1.165) is 0 Å². The third-order valence-corrected chi connectivity index (χ3v) is 6.33. The zero-order chi connectivity index (χ0) is 20.4. The van der Waals surface area contributed by atoms with Gasteiger partial charge in [0.25, 0.3) is 0 Å². The maximum atomic E-state index is 12.9. The molecule has 1 saturated heterocycles. The molecule has 0 unspecified atom stereocenters. The average Bonchev–Trinajstić information content (AvgIpc) is 3.31. The molecule has 5 heteroatoms. The number of nitrogens with zero attached hydrogens (tertiary/aromatic N) is 1. The number of benzene rings is 1. The highest BCUT2D eigenvalue weighted by atomic mass is 32.1. The van der Waals surface area contributed by atoms with E-state index in [4.69, 9.17) is 0 Å². The molecule has 150 valence electrons. The molecule has 0 saturated carbocycles. The van der Waals surface area contributed by atoms with E-state index in [0.29, 0.717) is 32.4 Å². The Morgan fingerprint density at radius 3 is 2.57 bits per heavy atom. The highest BCUT2D eigenvalue weighted by Gasteiger charge is 2.46. The average molecular weight is 399 g/mol. The molecular weight excluding hydrogens is 368 g/mol. The minimum absolute atomic E-state index is 0.0274. The number of nitrogens with one attached hydrogen (secondary N) is 1. The number of likely N-dealkylation sites (tertiary alicyclic amines) is 1. The maximum absolute atomic E-state index is 12.9. The third kappa shape index (κ3) is 4.46. The Balaban J connectivity index is 1.87. The molecule has 2 aromatic rings. The number of hydrogen-bond donors (Lipinski definition) is 1. The summed E-state index contributed by atoms with van der Waals surface area (Å²) < 4.78 is 0. The van der Waals surface area contributed by atoms with Gasteiger partial charge < -0.3 is 10.2 Å². The molecule has 0 bridgehead atoms. The van der Waals surface area contributed by atoms with Crippen LogP contribution >= 0.6 is 11.3 Å². The van der Waals surface area contributed by atoms with E-state index in [-0.39, 0.29) is 17.2 Å². The van der Waals surface area contributed by atoms with Gasteiger partial charge in [0, 0.05) is 31.4 Å². The molecular formula is C23H30N2O2S. The first-order chi connectivity index (χ1) is 13.2. The Labute approximate surface area is 172 Å². The van der Waals surface area contributed by atoms with Crippen molar-refractivity contribution in [1.29, 1.82) is 0 Å². The topological polar surface area (TPSA) is 49.4 Å². The molecule has 0 spiro atoms. The van der Waals surface area contributed by atoms with Crippen LogP contribution in [0.1, 0.15) is 39.2 Å². The van der Waals surface area contributed by atoms with E-state index in [9.17, 15) is 9.59 Å². The van der Waals surface area contributed by atoms with Crippen molar-refractivity contribution in [2.75, 3.05) is 20.1 Å². The van der Waals surface area contributed by atoms with Gasteiger partial charge >= 0.3 is 0 Å². The second kappa shape index (κ2) is 8.08. The zero-order valence-electron chi connectivity index (χ0n) is 17.2. The summed E-state index contributed by atoms with van der Waals surface area (Å²) in [6.45, 7) is 7.35. The van der Waals surface area contributed by atoms with Crippen LogP contribution in [0.4, 0.5) is 0 Å². The Kier molecular flexibility index (Phi) is 5.94. The summed E-state index contributed by atoms with van der Waals surface area (Å²) in [7, 11) is 1.69. The predicted molar refractivity (Wildman–Crippen MR) is 115 cm³/mol. The summed E-state index contributed by atoms with van der Waals surface area (Å²) >= 11 is 1.71. The molecule has 1 aromatic carbocycles. The van der Waals surface area contributed by atoms with Gasteiger partial charge in [-0.1, -0.05) is 51.1 Å². The maximum Gasteiger partial charge on any atom is 0.228 e. The second-order valence-corrected chi connectivity index (χ2v) is 9.92. The first-order valence-corrected chi connectivity index (χ1v) is 10.7. The quantitative estimate of drug-likeness (QED) is 0.814. The monoisotopic (exact) mass is 398 g/mol. The van der Waals surface area contributed by atoms with Crippen molar-refractivity contribution >= 4 is 23.2 Å². The molecule has 2 heterocycles. The van der Waals surface area contributed by atoms with Gasteiger partial charge in [-0.25, -0.2) is 0 Å². The second-order valence-electron chi connectivity index (χ2n) is 8.97. The van der Waals surface area contributed by atoms with Crippen molar-refractivity contribution in [3.63, 3.8) is 0 Å². The minimum atomic E-state index is -0.574. The SMILES string of the molecule is CNC(=O)[C@@]1(Cc2ccccc2-c2cccs2)CCN(C(=O)CC(C)(C)C)C1. The number of carbonyl (C=O) groups is 2. The molecule has 1 atom stereocenters. The van der Waals surface area contributed by atoms with Gasteiger partial charge in [0.2, 0.25) is 11.8 Å². The standard InChI is InChI=1S/C23H30N2O2S/c1-22(2,3)15-20(26)25-12-11-23(16-25,21(27)24-4)14-17-8-5-6-9-18(17)19-10-7-13-28-19/h5-10,13H,11-12,14-16H2,1-4H3,(H,24,27)/t23-/m1/s1. The fourth-order valence-corrected chi connectivity index (χ4v) is 4.82. The van der Waals surface area contributed by atoms with Gasteiger partial charge in [-0.15, -0.1) is 11.3 Å². The molecule has 0 radical (unpaired) electrons. The highest BCUT2D eigenvalue weighted by molar-refractivity contribution is 7.13. The molecule has 0 aliphatic carbocycles.